The van der Waals surface area contributed by atoms with E-state index in [1.807, 2.05) is 42.4 Å². The Labute approximate surface area is 620 Å². The largest absolute Gasteiger partial charge is 0.340 e. The molecule has 5 atom stereocenters. The van der Waals surface area contributed by atoms with E-state index >= 15 is 0 Å². The van der Waals surface area contributed by atoms with Crippen LogP contribution in [-0.2, 0) is 24.0 Å². The van der Waals surface area contributed by atoms with Crippen LogP contribution in [0.1, 0.15) is 279 Å². The number of likely N-dealkylation sites (tertiary alicyclic amines) is 5. The van der Waals surface area contributed by atoms with Crippen molar-refractivity contribution >= 4 is 29.5 Å². The zero-order valence-electron chi connectivity index (χ0n) is 71.8. The molecule has 7 fully saturated rings. The minimum Gasteiger partial charge on any atom is -0.340 e. The van der Waals surface area contributed by atoms with Crippen molar-refractivity contribution < 1.29 is 24.0 Å². The third-order valence-electron chi connectivity index (χ3n) is 23.3. The first-order chi connectivity index (χ1) is 46.4. The van der Waals surface area contributed by atoms with Crippen molar-refractivity contribution in [3.63, 3.8) is 0 Å². The molecule has 0 aromatic heterocycles. The Bertz CT molecular complexity index is 2120. The van der Waals surface area contributed by atoms with Gasteiger partial charge in [0.1, 0.15) is 0 Å². The van der Waals surface area contributed by atoms with Gasteiger partial charge in [0.05, 0.1) is 12.5 Å². The SMILES string of the molecule is CC(C)C1C=CC(=O)N(C(C)C)C1=O.CC(C)C1CCC(=O)N(C(C)C)C1.CC(C)C1CCCN(C(C)C)C1.CC(C)C1CCN(C(C)C)C(=O)C1.CC(C)C1CCN(C(C)C)C1.CC(C)C1CCN(C(C)C)CC1.CC(C)N1CCN(C(C)C)C(=O)C1.CC(C)N1CCN(C(C)C)CC1. The molecular formula is C85H168N10O5. The van der Waals surface area contributed by atoms with Crippen molar-refractivity contribution in [2.45, 2.75) is 340 Å². The summed E-state index contributed by atoms with van der Waals surface area (Å²) in [6.07, 6.45) is 14.1. The summed E-state index contributed by atoms with van der Waals surface area (Å²) in [5, 5.41) is 0. The van der Waals surface area contributed by atoms with Crippen LogP contribution in [0, 0.1) is 71.0 Å². The number of hydrogen-bond acceptors (Lipinski definition) is 11. The topological polar surface area (TPSA) is 118 Å². The smallest absolute Gasteiger partial charge is 0.253 e. The predicted molar refractivity (Wildman–Crippen MR) is 428 cm³/mol. The maximum absolute atomic E-state index is 11.9. The van der Waals surface area contributed by atoms with Gasteiger partial charge >= 0.3 is 0 Å². The average molecular weight is 1410 g/mol. The molecule has 0 aliphatic carbocycles. The van der Waals surface area contributed by atoms with Crippen LogP contribution in [0.2, 0.25) is 0 Å². The molecule has 8 rings (SSSR count). The highest BCUT2D eigenvalue weighted by Gasteiger charge is 2.35. The van der Waals surface area contributed by atoms with Crippen molar-refractivity contribution in [2.75, 3.05) is 98.2 Å². The molecule has 0 spiro atoms. The number of piperidine rings is 4. The minimum absolute atomic E-state index is 0.0544. The Hall–Kier alpha value is -2.95. The van der Waals surface area contributed by atoms with Crippen LogP contribution in [0.5, 0.6) is 0 Å². The Kier molecular flexibility index (Phi) is 45.9. The zero-order valence-corrected chi connectivity index (χ0v) is 71.8. The Balaban J connectivity index is 0.000000572. The average Bonchev–Trinajstić information content (AvgIpc) is 0.992. The zero-order chi connectivity index (χ0) is 76.7. The summed E-state index contributed by atoms with van der Waals surface area (Å²) < 4.78 is 0. The fourth-order valence-electron chi connectivity index (χ4n) is 15.0. The van der Waals surface area contributed by atoms with Crippen LogP contribution in [0.3, 0.4) is 0 Å². The van der Waals surface area contributed by atoms with E-state index in [4.69, 9.17) is 0 Å². The molecular weight excluding hydrogens is 1240 g/mol. The lowest BCUT2D eigenvalue weighted by Crippen LogP contribution is -2.54. The number of amides is 5. The van der Waals surface area contributed by atoms with Gasteiger partial charge < -0.3 is 29.4 Å². The van der Waals surface area contributed by atoms with E-state index in [9.17, 15) is 24.0 Å². The van der Waals surface area contributed by atoms with Crippen LogP contribution >= 0.6 is 0 Å². The van der Waals surface area contributed by atoms with Crippen LogP contribution in [0.25, 0.3) is 0 Å². The summed E-state index contributed by atoms with van der Waals surface area (Å²) in [4.78, 5) is 80.6. The first kappa shape index (κ1) is 95.1. The van der Waals surface area contributed by atoms with E-state index in [2.05, 4.69) is 223 Å². The lowest BCUT2D eigenvalue weighted by molar-refractivity contribution is -0.148. The first-order valence-corrected chi connectivity index (χ1v) is 41.3. The van der Waals surface area contributed by atoms with Crippen molar-refractivity contribution in [1.82, 2.24) is 49.0 Å². The van der Waals surface area contributed by atoms with Gasteiger partial charge in [-0.2, -0.15) is 0 Å². The fraction of sp³-hybridized carbons (Fsp3) is 0.918. The summed E-state index contributed by atoms with van der Waals surface area (Å²) in [7, 11) is 0. The highest BCUT2D eigenvalue weighted by Crippen LogP contribution is 2.30. The number of carbonyl (C=O) groups excluding carboxylic acids is 5. The predicted octanol–water partition coefficient (Wildman–Crippen LogP) is 16.4. The second kappa shape index (κ2) is 48.3. The van der Waals surface area contributed by atoms with Crippen molar-refractivity contribution in [2.24, 2.45) is 71.0 Å². The normalized spacial score (nSPS) is 23.9. The highest BCUT2D eigenvalue weighted by atomic mass is 16.2. The van der Waals surface area contributed by atoms with Crippen LogP contribution < -0.4 is 0 Å². The lowest BCUT2D eigenvalue weighted by atomic mass is 9.86. The maximum Gasteiger partial charge on any atom is 0.253 e. The van der Waals surface area contributed by atoms with Crippen molar-refractivity contribution in [3.05, 3.63) is 12.2 Å². The summed E-state index contributed by atoms with van der Waals surface area (Å²) in [5.74, 6) is 8.99. The van der Waals surface area contributed by atoms with Gasteiger partial charge in [-0.05, 0) is 275 Å². The summed E-state index contributed by atoms with van der Waals surface area (Å²) in [6.45, 7) is 87.8. The summed E-state index contributed by atoms with van der Waals surface area (Å²) >= 11 is 0. The van der Waals surface area contributed by atoms with E-state index in [0.29, 0.717) is 66.2 Å². The van der Waals surface area contributed by atoms with Crippen LogP contribution in [0.15, 0.2) is 12.2 Å². The number of imide groups is 1. The van der Waals surface area contributed by atoms with Crippen molar-refractivity contribution in [3.8, 4) is 0 Å². The molecule has 15 nitrogen and oxygen atoms in total. The van der Waals surface area contributed by atoms with Crippen molar-refractivity contribution in [1.29, 1.82) is 0 Å². The van der Waals surface area contributed by atoms with Gasteiger partial charge in [0.2, 0.25) is 23.6 Å². The molecule has 0 N–H and O–H groups in total. The molecule has 8 heterocycles. The van der Waals surface area contributed by atoms with Gasteiger partial charge in [-0.15, -0.1) is 0 Å². The molecule has 5 amide bonds. The van der Waals surface area contributed by atoms with E-state index in [-0.39, 0.29) is 35.6 Å². The minimum atomic E-state index is -0.193. The third kappa shape index (κ3) is 34.5. The van der Waals surface area contributed by atoms with Gasteiger partial charge in [0, 0.05) is 145 Å². The molecule has 15 heteroatoms. The van der Waals surface area contributed by atoms with Gasteiger partial charge in [-0.1, -0.05) is 89.2 Å². The highest BCUT2D eigenvalue weighted by molar-refractivity contribution is 6.05. The number of hydrogen-bond donors (Lipinski definition) is 0. The van der Waals surface area contributed by atoms with Gasteiger partial charge in [0.25, 0.3) is 5.91 Å². The third-order valence-corrected chi connectivity index (χ3v) is 23.3. The molecule has 588 valence electrons. The van der Waals surface area contributed by atoms with Crippen LogP contribution in [-0.4, -0.2) is 237 Å². The molecule has 0 radical (unpaired) electrons. The molecule has 8 aliphatic rings. The number of nitrogens with zero attached hydrogens (tertiary/aromatic N) is 10. The molecule has 7 saturated heterocycles. The van der Waals surface area contributed by atoms with E-state index < -0.39 is 0 Å². The van der Waals surface area contributed by atoms with Gasteiger partial charge in [-0.25, -0.2) is 0 Å². The number of rotatable bonds is 16. The maximum atomic E-state index is 11.9. The molecule has 0 bridgehead atoms. The first-order valence-electron chi connectivity index (χ1n) is 41.3. The summed E-state index contributed by atoms with van der Waals surface area (Å²) in [5.41, 5.74) is 0. The number of piperazine rings is 2. The molecule has 0 saturated carbocycles. The summed E-state index contributed by atoms with van der Waals surface area (Å²) in [6, 6.07) is 5.21. The second-order valence-electron chi connectivity index (χ2n) is 36.0. The Morgan fingerprint density at radius 1 is 0.290 bits per heavy atom. The quantitative estimate of drug-likeness (QED) is 0.137. The molecule has 5 unspecified atom stereocenters. The fourth-order valence-corrected chi connectivity index (χ4v) is 15.0. The Morgan fingerprint density at radius 2 is 0.650 bits per heavy atom. The van der Waals surface area contributed by atoms with E-state index in [1.165, 1.54) is 115 Å². The number of carbonyl (C=O) groups is 5. The molecule has 100 heavy (non-hydrogen) atoms. The lowest BCUT2D eigenvalue weighted by Gasteiger charge is -2.38. The monoisotopic (exact) mass is 1410 g/mol. The molecule has 8 aliphatic heterocycles. The Morgan fingerprint density at radius 3 is 1.01 bits per heavy atom. The van der Waals surface area contributed by atoms with E-state index in [1.54, 1.807) is 6.08 Å². The molecule has 0 aromatic carbocycles. The van der Waals surface area contributed by atoms with Gasteiger partial charge in [0.15, 0.2) is 0 Å². The molecule has 0 aromatic rings. The van der Waals surface area contributed by atoms with Crippen LogP contribution in [0.4, 0.5) is 0 Å². The standard InChI is InChI=1S/C11H17NO2.2C11H21NO.2C11H23N.C10H20N2O.C10H22N2.C10H21N/c1-7(2)9-5-6-10(13)12(8(3)4)11(9)14;1-8(2)10-5-6-12(9(3)4)11(13)7-10;1-8(2)10-5-6-11(13)12(7-10)9(3)4;1-9(2)11-5-7-12(8-6-11)10(3)4;1-9(2)11-6-5-7-12(8-11)10(3)4;1-8(2)11-5-6-12(9(3)4)10(13)7-11;1-9(2)11-5-7-12(8-6-11)10(3)4;1-8(2)10-5-6-11(7-10)9(3)4/h5-9H,1-4H3;2*8-10H,5-7H2,1-4H3;2*9-11H,5-8H2,1-4H3;8-9H,5-7H2,1-4H3;9-10H,5-8H2,1-4H3;8-10H,5-7H2,1-4H3. The van der Waals surface area contributed by atoms with Gasteiger partial charge in [-0.3, -0.25) is 43.6 Å². The second-order valence-corrected chi connectivity index (χ2v) is 36.0. The van der Waals surface area contributed by atoms with E-state index in [0.717, 1.165) is 111 Å².